The van der Waals surface area contributed by atoms with Crippen molar-refractivity contribution in [2.45, 2.75) is 50.4 Å². The van der Waals surface area contributed by atoms with Crippen molar-refractivity contribution < 1.29 is 17.9 Å². The lowest BCUT2D eigenvalue weighted by Crippen LogP contribution is -2.48. The predicted molar refractivity (Wildman–Crippen MR) is 142 cm³/mol. The van der Waals surface area contributed by atoms with Crippen molar-refractivity contribution in [1.82, 2.24) is 19.7 Å². The molecule has 0 bridgehead atoms. The zero-order valence-corrected chi connectivity index (χ0v) is 22.5. The number of carbonyl (C=O) groups is 1. The Hall–Kier alpha value is -3.05. The number of nitrogens with one attached hydrogen (secondary N) is 1. The molecule has 36 heavy (non-hydrogen) atoms. The van der Waals surface area contributed by atoms with Crippen LogP contribution in [-0.4, -0.2) is 65.2 Å². The molecular formula is C25H31N5O4S2. The number of ether oxygens (including phenoxy) is 1. The molecule has 0 unspecified atom stereocenters. The highest BCUT2D eigenvalue weighted by atomic mass is 32.2. The monoisotopic (exact) mass is 529 g/mol. The Labute approximate surface area is 216 Å². The van der Waals surface area contributed by atoms with Crippen LogP contribution in [0.3, 0.4) is 0 Å². The fourth-order valence-corrected chi connectivity index (χ4v) is 5.91. The van der Waals surface area contributed by atoms with E-state index in [1.165, 1.54) is 11.8 Å². The topological polar surface area (TPSA) is 106 Å². The molecular weight excluding hydrogens is 498 g/mol. The van der Waals surface area contributed by atoms with E-state index in [1.807, 2.05) is 33.7 Å². The van der Waals surface area contributed by atoms with Crippen LogP contribution in [0.1, 0.15) is 33.1 Å². The average Bonchev–Trinajstić information content (AvgIpc) is 3.26. The summed E-state index contributed by atoms with van der Waals surface area (Å²) in [6.07, 6.45) is 4.30. The first-order valence-electron chi connectivity index (χ1n) is 11.8. The number of likely N-dealkylation sites (tertiary alicyclic amines) is 1. The number of hydrogen-bond acceptors (Lipinski definition) is 7. The number of hydrogen-bond donors (Lipinski definition) is 1. The van der Waals surface area contributed by atoms with Crippen LogP contribution in [0, 0.1) is 0 Å². The average molecular weight is 530 g/mol. The number of methoxy groups -OCH3 is 1. The van der Waals surface area contributed by atoms with Crippen LogP contribution < -0.4 is 9.46 Å². The van der Waals surface area contributed by atoms with E-state index < -0.39 is 10.0 Å². The molecule has 192 valence electrons. The molecule has 0 aliphatic carbocycles. The Morgan fingerprint density at radius 3 is 2.28 bits per heavy atom. The predicted octanol–water partition coefficient (Wildman–Crippen LogP) is 4.20. The molecule has 11 heteroatoms. The summed E-state index contributed by atoms with van der Waals surface area (Å²) in [6, 6.07) is 14.9. The number of aromatic nitrogens is 3. The quantitative estimate of drug-likeness (QED) is 0.436. The van der Waals surface area contributed by atoms with E-state index in [4.69, 9.17) is 4.74 Å². The molecule has 1 saturated heterocycles. The smallest absolute Gasteiger partial charge is 0.233 e. The number of piperidine rings is 1. The molecule has 9 nitrogen and oxygen atoms in total. The number of carbonyl (C=O) groups excluding carboxylic acids is 1. The molecule has 2 aromatic carbocycles. The fraction of sp³-hybridized carbons (Fsp3) is 0.400. The zero-order valence-electron chi connectivity index (χ0n) is 20.8. The normalized spacial score (nSPS) is 18.2. The van der Waals surface area contributed by atoms with Crippen molar-refractivity contribution in [2.24, 2.45) is 0 Å². The van der Waals surface area contributed by atoms with Gasteiger partial charge in [-0.05, 0) is 81.6 Å². The van der Waals surface area contributed by atoms with Crippen molar-refractivity contribution in [3.63, 3.8) is 0 Å². The fourth-order valence-electron chi connectivity index (χ4n) is 4.53. The van der Waals surface area contributed by atoms with Crippen molar-refractivity contribution in [1.29, 1.82) is 0 Å². The largest absolute Gasteiger partial charge is 0.497 e. The van der Waals surface area contributed by atoms with Crippen molar-refractivity contribution >= 4 is 33.4 Å². The van der Waals surface area contributed by atoms with Gasteiger partial charge in [-0.15, -0.1) is 10.2 Å². The number of thioether (sulfide) groups is 1. The van der Waals surface area contributed by atoms with Crippen molar-refractivity contribution in [3.8, 4) is 22.8 Å². The zero-order chi connectivity index (χ0) is 25.9. The molecule has 1 aromatic heterocycles. The van der Waals surface area contributed by atoms with Gasteiger partial charge in [0.1, 0.15) is 5.75 Å². The van der Waals surface area contributed by atoms with Gasteiger partial charge in [-0.3, -0.25) is 14.1 Å². The number of sulfonamides is 1. The van der Waals surface area contributed by atoms with Gasteiger partial charge in [-0.25, -0.2) is 8.42 Å². The van der Waals surface area contributed by atoms with E-state index in [2.05, 4.69) is 28.8 Å². The highest BCUT2D eigenvalue weighted by Gasteiger charge is 2.29. The summed E-state index contributed by atoms with van der Waals surface area (Å²) in [5, 5.41) is 9.43. The molecule has 1 fully saturated rings. The van der Waals surface area contributed by atoms with E-state index in [-0.39, 0.29) is 23.7 Å². The molecule has 1 amide bonds. The van der Waals surface area contributed by atoms with Crippen LogP contribution in [0.2, 0.25) is 0 Å². The van der Waals surface area contributed by atoms with Gasteiger partial charge in [-0.1, -0.05) is 11.8 Å². The maximum Gasteiger partial charge on any atom is 0.233 e. The van der Waals surface area contributed by atoms with Gasteiger partial charge in [-0.2, -0.15) is 0 Å². The third-order valence-electron chi connectivity index (χ3n) is 6.22. The molecule has 3 aromatic rings. The number of benzene rings is 2. The Morgan fingerprint density at radius 2 is 1.69 bits per heavy atom. The first kappa shape index (κ1) is 26.0. The minimum Gasteiger partial charge on any atom is -0.497 e. The van der Waals surface area contributed by atoms with Gasteiger partial charge >= 0.3 is 0 Å². The van der Waals surface area contributed by atoms with Gasteiger partial charge in [0.15, 0.2) is 11.0 Å². The molecule has 2 heterocycles. The van der Waals surface area contributed by atoms with E-state index >= 15 is 0 Å². The first-order valence-corrected chi connectivity index (χ1v) is 14.7. The third kappa shape index (κ3) is 6.01. The summed E-state index contributed by atoms with van der Waals surface area (Å²) in [4.78, 5) is 15.1. The van der Waals surface area contributed by atoms with Gasteiger partial charge in [0, 0.05) is 29.0 Å². The lowest BCUT2D eigenvalue weighted by atomic mass is 9.98. The molecule has 0 spiro atoms. The third-order valence-corrected chi connectivity index (χ3v) is 7.74. The minimum absolute atomic E-state index is 0.0988. The second kappa shape index (κ2) is 10.9. The molecule has 0 saturated carbocycles. The Morgan fingerprint density at radius 1 is 1.06 bits per heavy atom. The van der Waals surface area contributed by atoms with Gasteiger partial charge in [0.2, 0.25) is 15.9 Å². The Balaban J connectivity index is 1.64. The van der Waals surface area contributed by atoms with Gasteiger partial charge < -0.3 is 9.64 Å². The second-order valence-electron chi connectivity index (χ2n) is 9.01. The van der Waals surface area contributed by atoms with Crippen LogP contribution >= 0.6 is 11.8 Å². The van der Waals surface area contributed by atoms with E-state index in [0.29, 0.717) is 16.7 Å². The summed E-state index contributed by atoms with van der Waals surface area (Å²) in [7, 11) is -1.76. The number of rotatable bonds is 8. The second-order valence-corrected chi connectivity index (χ2v) is 11.7. The van der Waals surface area contributed by atoms with Crippen LogP contribution in [0.25, 0.3) is 17.1 Å². The summed E-state index contributed by atoms with van der Waals surface area (Å²) in [5.41, 5.74) is 2.04. The molecule has 1 N–H and O–H groups in total. The number of nitrogens with zero attached hydrogens (tertiary/aromatic N) is 4. The Kier molecular flexibility index (Phi) is 7.89. The van der Waals surface area contributed by atoms with Crippen LogP contribution in [0.15, 0.2) is 53.7 Å². The van der Waals surface area contributed by atoms with Crippen LogP contribution in [-0.2, 0) is 14.8 Å². The van der Waals surface area contributed by atoms with E-state index in [0.717, 1.165) is 42.5 Å². The highest BCUT2D eigenvalue weighted by molar-refractivity contribution is 7.99. The van der Waals surface area contributed by atoms with Crippen LogP contribution in [0.5, 0.6) is 5.75 Å². The molecule has 2 atom stereocenters. The van der Waals surface area contributed by atoms with Gasteiger partial charge in [0.25, 0.3) is 0 Å². The lowest BCUT2D eigenvalue weighted by Gasteiger charge is -2.39. The summed E-state index contributed by atoms with van der Waals surface area (Å²) in [6.45, 7) is 4.22. The SMILES string of the molecule is COc1ccc(-n2c(SCC(=O)N3[C@@H](C)CCC[C@@H]3C)nnc2-c2ccc(NS(C)(=O)=O)cc2)cc1. The van der Waals surface area contributed by atoms with Crippen molar-refractivity contribution in [2.75, 3.05) is 23.8 Å². The first-order chi connectivity index (χ1) is 17.2. The molecule has 1 aliphatic rings. The number of amides is 1. The Bertz CT molecular complexity index is 1300. The highest BCUT2D eigenvalue weighted by Crippen LogP contribution is 2.31. The lowest BCUT2D eigenvalue weighted by molar-refractivity contribution is -0.134. The maximum absolute atomic E-state index is 13.1. The summed E-state index contributed by atoms with van der Waals surface area (Å²) >= 11 is 1.36. The van der Waals surface area contributed by atoms with Crippen molar-refractivity contribution in [3.05, 3.63) is 48.5 Å². The van der Waals surface area contributed by atoms with E-state index in [9.17, 15) is 13.2 Å². The molecule has 1 aliphatic heterocycles. The molecule has 4 rings (SSSR count). The summed E-state index contributed by atoms with van der Waals surface area (Å²) < 4.78 is 32.8. The van der Waals surface area contributed by atoms with Gasteiger partial charge in [0.05, 0.1) is 19.1 Å². The summed E-state index contributed by atoms with van der Waals surface area (Å²) in [5.74, 6) is 1.67. The minimum atomic E-state index is -3.38. The molecule has 0 radical (unpaired) electrons. The number of anilines is 1. The van der Waals surface area contributed by atoms with E-state index in [1.54, 1.807) is 31.4 Å². The standard InChI is InChI=1S/C25H31N5O4S2/c1-17-6-5-7-18(2)29(17)23(31)16-35-25-27-26-24(30(25)21-12-14-22(34-3)15-13-21)19-8-10-20(11-9-19)28-36(4,32)33/h8-15,17-18,28H,5-7,16H2,1-4H3/t17-,18-/m0/s1. The van der Waals surface area contributed by atoms with Crippen LogP contribution in [0.4, 0.5) is 5.69 Å². The maximum atomic E-state index is 13.1.